The average molecular weight is 659 g/mol. The van der Waals surface area contributed by atoms with Crippen LogP contribution in [0.1, 0.15) is 57.5 Å². The van der Waals surface area contributed by atoms with Crippen molar-refractivity contribution >= 4 is 20.1 Å². The van der Waals surface area contributed by atoms with Crippen molar-refractivity contribution in [2.75, 3.05) is 47.4 Å². The van der Waals surface area contributed by atoms with Crippen LogP contribution in [0, 0.1) is 11.8 Å². The third kappa shape index (κ3) is 6.59. The van der Waals surface area contributed by atoms with E-state index in [1.807, 2.05) is 12.1 Å². The summed E-state index contributed by atoms with van der Waals surface area (Å²) in [5.74, 6) is 4.33. The van der Waals surface area contributed by atoms with Gasteiger partial charge in [0.1, 0.15) is 0 Å². The predicted molar refractivity (Wildman–Crippen MR) is 180 cm³/mol. The van der Waals surface area contributed by atoms with Crippen LogP contribution in [0.2, 0.25) is 18.1 Å². The van der Waals surface area contributed by atoms with Crippen LogP contribution in [-0.2, 0) is 13.9 Å². The van der Waals surface area contributed by atoms with Crippen molar-refractivity contribution in [3.8, 4) is 28.7 Å². The standard InChI is InChI=1S/C35H50O8SSi/c1-11-14-40-34-27(38-7)19-22(20-28(34)44-16-15-41-45(9,10)35(2,3)4)32-30-24-13-12-23(42-24)29(30)31(43-32)21-17-25(36-5)33(39-8)26(18-21)37-6/h12-13,17-20,23-24,29-32H,11,14-16H2,1-10H3/t23-,24+,29-,30+,31+,32+/m0/s1. The molecule has 45 heavy (non-hydrogen) atoms. The fraction of sp³-hybridized carbons (Fsp3) is 0.600. The normalized spacial score (nSPS) is 25.4. The summed E-state index contributed by atoms with van der Waals surface area (Å²) in [5, 5.41) is 0.165. The third-order valence-corrected chi connectivity index (χ3v) is 15.2. The van der Waals surface area contributed by atoms with Crippen LogP contribution in [-0.4, -0.2) is 67.9 Å². The van der Waals surface area contributed by atoms with E-state index in [0.717, 1.165) is 33.9 Å². The first-order valence-electron chi connectivity index (χ1n) is 15.9. The highest BCUT2D eigenvalue weighted by atomic mass is 32.2. The first-order valence-corrected chi connectivity index (χ1v) is 19.8. The molecule has 0 radical (unpaired) electrons. The summed E-state index contributed by atoms with van der Waals surface area (Å²) in [6.07, 6.45) is 4.78. The summed E-state index contributed by atoms with van der Waals surface area (Å²) in [6.45, 7) is 14.8. The van der Waals surface area contributed by atoms with Gasteiger partial charge in [-0.15, -0.1) is 11.8 Å². The van der Waals surface area contributed by atoms with E-state index in [1.54, 1.807) is 40.2 Å². The molecule has 0 aromatic heterocycles. The molecule has 2 bridgehead atoms. The van der Waals surface area contributed by atoms with E-state index < -0.39 is 8.32 Å². The van der Waals surface area contributed by atoms with Crippen LogP contribution in [0.15, 0.2) is 41.3 Å². The second-order valence-electron chi connectivity index (χ2n) is 13.4. The molecule has 3 aliphatic rings. The van der Waals surface area contributed by atoms with Gasteiger partial charge in [-0.05, 0) is 59.9 Å². The fourth-order valence-corrected chi connectivity index (χ4v) is 8.44. The number of benzene rings is 2. The van der Waals surface area contributed by atoms with Crippen LogP contribution in [0.5, 0.6) is 28.7 Å². The predicted octanol–water partition coefficient (Wildman–Crippen LogP) is 8.01. The van der Waals surface area contributed by atoms with Crippen molar-refractivity contribution < 1.29 is 37.6 Å². The highest BCUT2D eigenvalue weighted by molar-refractivity contribution is 7.99. The summed E-state index contributed by atoms with van der Waals surface area (Å²) >= 11 is 1.75. The molecule has 2 saturated heterocycles. The smallest absolute Gasteiger partial charge is 0.203 e. The lowest BCUT2D eigenvalue weighted by Gasteiger charge is -2.36. The van der Waals surface area contributed by atoms with Gasteiger partial charge in [-0.2, -0.15) is 0 Å². The Balaban J connectivity index is 1.48. The lowest BCUT2D eigenvalue weighted by Crippen LogP contribution is -2.41. The van der Waals surface area contributed by atoms with Gasteiger partial charge in [0.2, 0.25) is 5.75 Å². The van der Waals surface area contributed by atoms with Crippen molar-refractivity contribution in [1.29, 1.82) is 0 Å². The first kappa shape index (κ1) is 34.0. The molecular weight excluding hydrogens is 609 g/mol. The number of ether oxygens (including phenoxy) is 7. The Kier molecular flexibility index (Phi) is 10.4. The van der Waals surface area contributed by atoms with Crippen LogP contribution >= 0.6 is 11.8 Å². The first-order chi connectivity index (χ1) is 21.5. The minimum absolute atomic E-state index is 0.0202. The van der Waals surface area contributed by atoms with E-state index in [0.29, 0.717) is 36.2 Å². The molecule has 10 heteroatoms. The van der Waals surface area contributed by atoms with Gasteiger partial charge >= 0.3 is 0 Å². The van der Waals surface area contributed by atoms with Gasteiger partial charge in [0.25, 0.3) is 0 Å². The molecule has 0 spiro atoms. The summed E-state index contributed by atoms with van der Waals surface area (Å²) in [7, 11) is 4.74. The van der Waals surface area contributed by atoms with E-state index >= 15 is 0 Å². The summed E-state index contributed by atoms with van der Waals surface area (Å²) in [6, 6.07) is 8.29. The largest absolute Gasteiger partial charge is 0.493 e. The molecule has 2 aromatic carbocycles. The molecule has 6 atom stereocenters. The Morgan fingerprint density at radius 2 is 1.27 bits per heavy atom. The molecule has 248 valence electrons. The zero-order valence-corrected chi connectivity index (χ0v) is 30.2. The second-order valence-corrected chi connectivity index (χ2v) is 19.3. The maximum Gasteiger partial charge on any atom is 0.203 e. The molecule has 3 aliphatic heterocycles. The molecule has 0 N–H and O–H groups in total. The van der Waals surface area contributed by atoms with Crippen LogP contribution in [0.3, 0.4) is 0 Å². The van der Waals surface area contributed by atoms with E-state index in [1.165, 1.54) is 0 Å². The number of thioether (sulfide) groups is 1. The molecule has 8 nitrogen and oxygen atoms in total. The fourth-order valence-electron chi connectivity index (χ4n) is 6.35. The molecule has 0 saturated carbocycles. The van der Waals surface area contributed by atoms with Gasteiger partial charge in [0, 0.05) is 24.2 Å². The van der Waals surface area contributed by atoms with Crippen molar-refractivity contribution in [3.05, 3.63) is 47.5 Å². The van der Waals surface area contributed by atoms with Crippen molar-refractivity contribution in [3.63, 3.8) is 0 Å². The van der Waals surface area contributed by atoms with E-state index in [2.05, 4.69) is 65.1 Å². The zero-order chi connectivity index (χ0) is 32.5. The highest BCUT2D eigenvalue weighted by Gasteiger charge is 2.59. The molecule has 3 heterocycles. The number of hydrogen-bond donors (Lipinski definition) is 0. The number of fused-ring (bicyclic) bond motifs is 5. The van der Waals surface area contributed by atoms with Crippen LogP contribution in [0.25, 0.3) is 0 Å². The average Bonchev–Trinajstić information content (AvgIpc) is 3.74. The molecule has 0 aliphatic carbocycles. The molecule has 0 unspecified atom stereocenters. The van der Waals surface area contributed by atoms with Gasteiger partial charge in [-0.1, -0.05) is 39.8 Å². The van der Waals surface area contributed by atoms with E-state index in [4.69, 9.17) is 37.6 Å². The van der Waals surface area contributed by atoms with Gasteiger partial charge in [-0.3, -0.25) is 0 Å². The van der Waals surface area contributed by atoms with Crippen molar-refractivity contribution in [1.82, 2.24) is 0 Å². The zero-order valence-electron chi connectivity index (χ0n) is 28.4. The lowest BCUT2D eigenvalue weighted by molar-refractivity contribution is -0.0243. The monoisotopic (exact) mass is 658 g/mol. The Morgan fingerprint density at radius 1 is 0.733 bits per heavy atom. The SMILES string of the molecule is CCCOc1c(OC)cc([C@H]2O[C@H](c3cc(OC)c(OC)c(OC)c3)[C@@H]3[C@H]2[C@H]2C=C[C@@H]3O2)cc1SCCO[Si](C)(C)C(C)(C)C. The number of rotatable bonds is 14. The number of hydrogen-bond acceptors (Lipinski definition) is 9. The second kappa shape index (κ2) is 13.8. The third-order valence-electron chi connectivity index (χ3n) is 9.67. The Hall–Kier alpha value is -2.37. The van der Waals surface area contributed by atoms with Crippen LogP contribution in [0.4, 0.5) is 0 Å². The quantitative estimate of drug-likeness (QED) is 0.0869. The van der Waals surface area contributed by atoms with Crippen molar-refractivity contribution in [2.24, 2.45) is 11.8 Å². The van der Waals surface area contributed by atoms with E-state index in [-0.39, 0.29) is 41.3 Å². The molecule has 2 fully saturated rings. The summed E-state index contributed by atoms with van der Waals surface area (Å²) in [4.78, 5) is 1.03. The molecule has 0 amide bonds. The van der Waals surface area contributed by atoms with E-state index in [9.17, 15) is 0 Å². The topological polar surface area (TPSA) is 73.8 Å². The van der Waals surface area contributed by atoms with Crippen molar-refractivity contribution in [2.45, 2.75) is 81.6 Å². The van der Waals surface area contributed by atoms with Gasteiger partial charge in [0.05, 0.1) is 64.4 Å². The maximum atomic E-state index is 7.04. The number of methoxy groups -OCH3 is 4. The minimum atomic E-state index is -1.85. The van der Waals surface area contributed by atoms with Gasteiger partial charge in [-0.25, -0.2) is 0 Å². The van der Waals surface area contributed by atoms with Gasteiger partial charge < -0.3 is 37.6 Å². The Morgan fingerprint density at radius 3 is 1.76 bits per heavy atom. The summed E-state index contributed by atoms with van der Waals surface area (Å²) in [5.41, 5.74) is 2.02. The maximum absolute atomic E-state index is 7.04. The lowest BCUT2D eigenvalue weighted by atomic mass is 9.76. The molecular formula is C35H50O8SSi. The van der Waals surface area contributed by atoms with Crippen LogP contribution < -0.4 is 23.7 Å². The van der Waals surface area contributed by atoms with Gasteiger partial charge in [0.15, 0.2) is 31.3 Å². The Labute approximate surface area is 274 Å². The summed E-state index contributed by atoms with van der Waals surface area (Å²) < 4.78 is 49.2. The minimum Gasteiger partial charge on any atom is -0.493 e. The molecule has 5 rings (SSSR count). The molecule has 2 aromatic rings. The highest BCUT2D eigenvalue weighted by Crippen LogP contribution is 2.60. The Bertz CT molecular complexity index is 1350.